The van der Waals surface area contributed by atoms with Gasteiger partial charge in [0.05, 0.1) is 12.5 Å². The van der Waals surface area contributed by atoms with Crippen LogP contribution in [0.4, 0.5) is 0 Å². The summed E-state index contributed by atoms with van der Waals surface area (Å²) in [5, 5.41) is 4.98. The third-order valence-corrected chi connectivity index (χ3v) is 6.54. The minimum absolute atomic E-state index is 0.0133. The van der Waals surface area contributed by atoms with Crippen LogP contribution in [0, 0.1) is 5.92 Å². The van der Waals surface area contributed by atoms with Crippen molar-refractivity contribution in [2.45, 2.75) is 44.7 Å². The Bertz CT molecular complexity index is 600. The van der Waals surface area contributed by atoms with Gasteiger partial charge in [-0.1, -0.05) is 6.07 Å². The van der Waals surface area contributed by atoms with Crippen molar-refractivity contribution in [2.75, 3.05) is 39.9 Å². The molecular weight excluding hydrogens is 362 g/mol. The zero-order chi connectivity index (χ0) is 19.1. The molecule has 3 rings (SSSR count). The van der Waals surface area contributed by atoms with Gasteiger partial charge >= 0.3 is 0 Å². The number of rotatable bonds is 8. The number of piperidine rings is 1. The average Bonchev–Trinajstić information content (AvgIpc) is 3.18. The Morgan fingerprint density at radius 1 is 1.33 bits per heavy atom. The summed E-state index contributed by atoms with van der Waals surface area (Å²) in [7, 11) is 1.74. The fourth-order valence-corrected chi connectivity index (χ4v) is 4.79. The molecule has 7 heteroatoms. The van der Waals surface area contributed by atoms with Crippen molar-refractivity contribution in [3.05, 3.63) is 22.4 Å². The third kappa shape index (κ3) is 5.77. The summed E-state index contributed by atoms with van der Waals surface area (Å²) in [4.78, 5) is 30.6. The Morgan fingerprint density at radius 3 is 2.85 bits per heavy atom. The summed E-state index contributed by atoms with van der Waals surface area (Å²) in [6.07, 6.45) is 4.67. The van der Waals surface area contributed by atoms with Crippen molar-refractivity contribution in [1.29, 1.82) is 0 Å². The Labute approximate surface area is 165 Å². The van der Waals surface area contributed by atoms with Crippen molar-refractivity contribution in [1.82, 2.24) is 15.1 Å². The van der Waals surface area contributed by atoms with E-state index in [-0.39, 0.29) is 24.3 Å². The van der Waals surface area contributed by atoms with E-state index in [0.29, 0.717) is 12.5 Å². The van der Waals surface area contributed by atoms with Crippen LogP contribution < -0.4 is 5.32 Å². The number of hydrogen-bond acceptors (Lipinski definition) is 5. The highest BCUT2D eigenvalue weighted by Crippen LogP contribution is 2.24. The number of piperazine rings is 1. The molecule has 27 heavy (non-hydrogen) atoms. The highest BCUT2D eigenvalue weighted by Gasteiger charge is 2.33. The lowest BCUT2D eigenvalue weighted by molar-refractivity contribution is -0.140. The SMILES string of the molecule is COCCCC1CCN(C(=O)C[C@@H]2C(=O)NCCN2Cc2cccs2)CC1. The van der Waals surface area contributed by atoms with Crippen LogP contribution in [-0.4, -0.2) is 67.6 Å². The van der Waals surface area contributed by atoms with Gasteiger partial charge in [-0.25, -0.2) is 0 Å². The number of hydrogen-bond donors (Lipinski definition) is 1. The van der Waals surface area contributed by atoms with Crippen molar-refractivity contribution < 1.29 is 14.3 Å². The lowest BCUT2D eigenvalue weighted by atomic mass is 9.92. The molecule has 2 saturated heterocycles. The molecule has 6 nitrogen and oxygen atoms in total. The predicted molar refractivity (Wildman–Crippen MR) is 107 cm³/mol. The second-order valence-electron chi connectivity index (χ2n) is 7.52. The largest absolute Gasteiger partial charge is 0.385 e. The number of ether oxygens (including phenoxy) is 1. The van der Waals surface area contributed by atoms with Gasteiger partial charge in [-0.2, -0.15) is 0 Å². The molecule has 1 atom stereocenters. The van der Waals surface area contributed by atoms with Crippen LogP contribution >= 0.6 is 11.3 Å². The van der Waals surface area contributed by atoms with E-state index in [2.05, 4.69) is 21.7 Å². The number of likely N-dealkylation sites (tertiary alicyclic amines) is 1. The van der Waals surface area contributed by atoms with E-state index in [1.165, 1.54) is 11.3 Å². The van der Waals surface area contributed by atoms with E-state index in [9.17, 15) is 9.59 Å². The maximum absolute atomic E-state index is 12.8. The number of thiophene rings is 1. The predicted octanol–water partition coefficient (Wildman–Crippen LogP) is 2.10. The van der Waals surface area contributed by atoms with Gasteiger partial charge in [0.2, 0.25) is 11.8 Å². The minimum Gasteiger partial charge on any atom is -0.385 e. The molecule has 0 radical (unpaired) electrons. The number of nitrogens with one attached hydrogen (secondary N) is 1. The summed E-state index contributed by atoms with van der Waals surface area (Å²) in [6, 6.07) is 3.76. The van der Waals surface area contributed by atoms with Gasteiger partial charge in [0.1, 0.15) is 0 Å². The Hall–Kier alpha value is -1.44. The highest BCUT2D eigenvalue weighted by molar-refractivity contribution is 7.09. The maximum Gasteiger partial charge on any atom is 0.237 e. The Balaban J connectivity index is 1.50. The second-order valence-corrected chi connectivity index (χ2v) is 8.55. The fraction of sp³-hybridized carbons (Fsp3) is 0.700. The average molecular weight is 394 g/mol. The van der Waals surface area contributed by atoms with Crippen LogP contribution in [0.1, 0.15) is 37.0 Å². The lowest BCUT2D eigenvalue weighted by Gasteiger charge is -2.37. The maximum atomic E-state index is 12.8. The Kier molecular flexibility index (Phi) is 7.67. The van der Waals surface area contributed by atoms with Crippen molar-refractivity contribution in [3.8, 4) is 0 Å². The van der Waals surface area contributed by atoms with Gasteiger partial charge < -0.3 is 15.0 Å². The van der Waals surface area contributed by atoms with Crippen molar-refractivity contribution in [3.63, 3.8) is 0 Å². The van der Waals surface area contributed by atoms with Crippen LogP contribution in [0.2, 0.25) is 0 Å². The second kappa shape index (κ2) is 10.2. The molecule has 0 spiro atoms. The van der Waals surface area contributed by atoms with Crippen LogP contribution in [0.3, 0.4) is 0 Å². The standard InChI is InChI=1S/C20H31N3O3S/c1-26-12-2-4-16-6-9-22(10-7-16)19(24)14-18-20(25)21-8-11-23(18)15-17-5-3-13-27-17/h3,5,13,16,18H,2,4,6-12,14-15H2,1H3,(H,21,25)/t18-/m1/s1. The molecule has 3 heterocycles. The molecule has 0 aliphatic carbocycles. The molecule has 2 aliphatic rings. The molecule has 1 N–H and O–H groups in total. The first-order chi connectivity index (χ1) is 13.2. The molecule has 2 amide bonds. The molecular formula is C20H31N3O3S. The number of carbonyl (C=O) groups is 2. The van der Waals surface area contributed by atoms with Crippen molar-refractivity contribution in [2.24, 2.45) is 5.92 Å². The zero-order valence-corrected chi connectivity index (χ0v) is 17.0. The number of methoxy groups -OCH3 is 1. The van der Waals surface area contributed by atoms with E-state index in [4.69, 9.17) is 4.74 Å². The summed E-state index contributed by atoms with van der Waals surface area (Å²) >= 11 is 1.70. The van der Waals surface area contributed by atoms with Crippen LogP contribution in [0.5, 0.6) is 0 Å². The molecule has 0 aromatic carbocycles. The first-order valence-electron chi connectivity index (χ1n) is 9.98. The van der Waals surface area contributed by atoms with E-state index < -0.39 is 0 Å². The van der Waals surface area contributed by atoms with Crippen LogP contribution in [0.25, 0.3) is 0 Å². The van der Waals surface area contributed by atoms with Gasteiger partial charge in [0.25, 0.3) is 0 Å². The monoisotopic (exact) mass is 393 g/mol. The molecule has 0 bridgehead atoms. The number of carbonyl (C=O) groups excluding carboxylic acids is 2. The number of amides is 2. The van der Waals surface area contributed by atoms with Crippen molar-refractivity contribution >= 4 is 23.2 Å². The smallest absolute Gasteiger partial charge is 0.237 e. The topological polar surface area (TPSA) is 61.9 Å². The summed E-state index contributed by atoms with van der Waals surface area (Å²) in [5.74, 6) is 0.793. The number of nitrogens with zero attached hydrogens (tertiary/aromatic N) is 2. The van der Waals surface area contributed by atoms with Gasteiger partial charge in [0.15, 0.2) is 0 Å². The van der Waals surface area contributed by atoms with E-state index >= 15 is 0 Å². The summed E-state index contributed by atoms with van der Waals surface area (Å²) in [5.41, 5.74) is 0. The van der Waals surface area contributed by atoms with E-state index in [1.54, 1.807) is 18.4 Å². The van der Waals surface area contributed by atoms with E-state index in [0.717, 1.165) is 52.0 Å². The fourth-order valence-electron chi connectivity index (χ4n) is 4.06. The first-order valence-corrected chi connectivity index (χ1v) is 10.9. The van der Waals surface area contributed by atoms with Gasteiger partial charge in [0, 0.05) is 51.3 Å². The molecule has 0 saturated carbocycles. The van der Waals surface area contributed by atoms with Crippen LogP contribution in [0.15, 0.2) is 17.5 Å². The first kappa shape index (κ1) is 20.3. The third-order valence-electron chi connectivity index (χ3n) is 5.68. The van der Waals surface area contributed by atoms with Gasteiger partial charge in [-0.3, -0.25) is 14.5 Å². The Morgan fingerprint density at radius 2 is 2.15 bits per heavy atom. The van der Waals surface area contributed by atoms with Crippen LogP contribution in [-0.2, 0) is 20.9 Å². The molecule has 150 valence electrons. The van der Waals surface area contributed by atoms with Gasteiger partial charge in [-0.05, 0) is 43.0 Å². The van der Waals surface area contributed by atoms with E-state index in [1.807, 2.05) is 11.0 Å². The molecule has 2 fully saturated rings. The normalized spacial score (nSPS) is 22.0. The summed E-state index contributed by atoms with van der Waals surface area (Å²) in [6.45, 7) is 4.64. The molecule has 1 aromatic heterocycles. The molecule has 0 unspecified atom stereocenters. The molecule has 1 aromatic rings. The highest BCUT2D eigenvalue weighted by atomic mass is 32.1. The lowest BCUT2D eigenvalue weighted by Crippen LogP contribution is -2.56. The zero-order valence-electron chi connectivity index (χ0n) is 16.2. The van der Waals surface area contributed by atoms with Gasteiger partial charge in [-0.15, -0.1) is 11.3 Å². The minimum atomic E-state index is -0.354. The molecule has 2 aliphatic heterocycles. The quantitative estimate of drug-likeness (QED) is 0.687. The summed E-state index contributed by atoms with van der Waals surface area (Å²) < 4.78 is 5.13.